The number of methoxy groups -OCH3 is 1. The van der Waals surface area contributed by atoms with E-state index in [0.29, 0.717) is 35.0 Å². The average Bonchev–Trinajstić information content (AvgIpc) is 2.56. The predicted octanol–water partition coefficient (Wildman–Crippen LogP) is 3.88. The molecule has 24 heavy (non-hydrogen) atoms. The third kappa shape index (κ3) is 6.33. The molecule has 0 radical (unpaired) electrons. The van der Waals surface area contributed by atoms with Gasteiger partial charge in [0.05, 0.1) is 19.3 Å². The summed E-state index contributed by atoms with van der Waals surface area (Å²) >= 11 is 12.0. The molecule has 0 atom stereocenters. The van der Waals surface area contributed by atoms with Gasteiger partial charge in [0.15, 0.2) is 5.96 Å². The van der Waals surface area contributed by atoms with Gasteiger partial charge in [0.25, 0.3) is 0 Å². The quantitative estimate of drug-likeness (QED) is 0.387. The van der Waals surface area contributed by atoms with Crippen LogP contribution in [0.25, 0.3) is 0 Å². The van der Waals surface area contributed by atoms with Gasteiger partial charge in [-0.1, -0.05) is 35.3 Å². The fraction of sp³-hybridized carbons (Fsp3) is 0.250. The summed E-state index contributed by atoms with van der Waals surface area (Å²) in [5.41, 5.74) is 1.80. The Kier molecular flexibility index (Phi) is 9.17. The average molecular weight is 481 g/mol. The van der Waals surface area contributed by atoms with Crippen molar-refractivity contribution in [1.82, 2.24) is 15.6 Å². The van der Waals surface area contributed by atoms with Crippen molar-refractivity contribution in [2.75, 3.05) is 14.2 Å². The lowest BCUT2D eigenvalue weighted by Crippen LogP contribution is -2.36. The molecule has 1 aromatic heterocycles. The second kappa shape index (κ2) is 10.6. The third-order valence-electron chi connectivity index (χ3n) is 3.11. The van der Waals surface area contributed by atoms with Gasteiger partial charge in [-0.25, -0.2) is 4.98 Å². The molecule has 0 bridgehead atoms. The molecule has 0 saturated carbocycles. The first-order valence-corrected chi connectivity index (χ1v) is 7.76. The van der Waals surface area contributed by atoms with Crippen molar-refractivity contribution < 1.29 is 4.74 Å². The molecular formula is C16H19Cl2IN4O. The van der Waals surface area contributed by atoms with Gasteiger partial charge in [-0.05, 0) is 23.8 Å². The molecule has 130 valence electrons. The van der Waals surface area contributed by atoms with Crippen molar-refractivity contribution in [1.29, 1.82) is 0 Å². The highest BCUT2D eigenvalue weighted by Crippen LogP contribution is 2.20. The summed E-state index contributed by atoms with van der Waals surface area (Å²) in [7, 11) is 3.30. The molecule has 0 fully saturated rings. The monoisotopic (exact) mass is 480 g/mol. The first-order chi connectivity index (χ1) is 11.1. The van der Waals surface area contributed by atoms with Gasteiger partial charge in [-0.15, -0.1) is 24.0 Å². The van der Waals surface area contributed by atoms with E-state index in [1.165, 1.54) is 0 Å². The molecule has 2 rings (SSSR count). The minimum atomic E-state index is 0. The highest BCUT2D eigenvalue weighted by atomic mass is 127. The lowest BCUT2D eigenvalue weighted by Gasteiger charge is -2.13. The molecule has 1 aromatic carbocycles. The zero-order valence-corrected chi connectivity index (χ0v) is 17.2. The molecule has 8 heteroatoms. The summed E-state index contributed by atoms with van der Waals surface area (Å²) in [5, 5.41) is 7.62. The smallest absolute Gasteiger partial charge is 0.213 e. The summed E-state index contributed by atoms with van der Waals surface area (Å²) in [4.78, 5) is 8.51. The fourth-order valence-electron chi connectivity index (χ4n) is 1.91. The number of ether oxygens (including phenoxy) is 1. The van der Waals surface area contributed by atoms with Crippen molar-refractivity contribution in [3.8, 4) is 5.88 Å². The van der Waals surface area contributed by atoms with Crippen LogP contribution in [0.3, 0.4) is 0 Å². The van der Waals surface area contributed by atoms with E-state index in [0.717, 1.165) is 11.3 Å². The van der Waals surface area contributed by atoms with Crippen molar-refractivity contribution in [3.63, 3.8) is 0 Å². The zero-order valence-electron chi connectivity index (χ0n) is 13.3. The summed E-state index contributed by atoms with van der Waals surface area (Å²) in [6, 6.07) is 11.0. The van der Waals surface area contributed by atoms with E-state index >= 15 is 0 Å². The van der Waals surface area contributed by atoms with Crippen molar-refractivity contribution in [3.05, 3.63) is 57.7 Å². The van der Waals surface area contributed by atoms with Crippen LogP contribution in [0.5, 0.6) is 5.88 Å². The van der Waals surface area contributed by atoms with Crippen LogP contribution < -0.4 is 15.4 Å². The largest absolute Gasteiger partial charge is 0.481 e. The number of pyridine rings is 1. The van der Waals surface area contributed by atoms with Crippen molar-refractivity contribution in [2.45, 2.75) is 13.1 Å². The van der Waals surface area contributed by atoms with E-state index in [2.05, 4.69) is 20.6 Å². The van der Waals surface area contributed by atoms with Gasteiger partial charge in [0.1, 0.15) is 0 Å². The van der Waals surface area contributed by atoms with Crippen LogP contribution >= 0.6 is 47.2 Å². The highest BCUT2D eigenvalue weighted by Gasteiger charge is 2.04. The maximum atomic E-state index is 6.15. The summed E-state index contributed by atoms with van der Waals surface area (Å²) in [6.45, 7) is 1.08. The third-order valence-corrected chi connectivity index (χ3v) is 3.70. The Labute approximate surface area is 168 Å². The van der Waals surface area contributed by atoms with Crippen LogP contribution in [0.1, 0.15) is 11.3 Å². The number of halogens is 3. The molecule has 0 spiro atoms. The number of nitrogens with zero attached hydrogens (tertiary/aromatic N) is 2. The highest BCUT2D eigenvalue weighted by molar-refractivity contribution is 14.0. The number of hydrogen-bond donors (Lipinski definition) is 2. The molecule has 2 aromatic rings. The Morgan fingerprint density at radius 2 is 1.92 bits per heavy atom. The second-order valence-electron chi connectivity index (χ2n) is 4.69. The van der Waals surface area contributed by atoms with E-state index in [1.54, 1.807) is 32.4 Å². The van der Waals surface area contributed by atoms with E-state index < -0.39 is 0 Å². The molecule has 2 N–H and O–H groups in total. The lowest BCUT2D eigenvalue weighted by atomic mass is 10.2. The van der Waals surface area contributed by atoms with E-state index in [-0.39, 0.29) is 24.0 Å². The standard InChI is InChI=1S/C16H18Cl2N4O.HI/c1-19-16(20-9-11-6-7-12(17)8-14(11)18)21-10-13-4-3-5-15(22-13)23-2;/h3-8H,9-10H2,1-2H3,(H2,19,20,21);1H. The van der Waals surface area contributed by atoms with E-state index in [1.807, 2.05) is 18.2 Å². The zero-order chi connectivity index (χ0) is 16.7. The van der Waals surface area contributed by atoms with Crippen molar-refractivity contribution in [2.24, 2.45) is 4.99 Å². The number of nitrogens with one attached hydrogen (secondary N) is 2. The summed E-state index contributed by atoms with van der Waals surface area (Å²) in [6.07, 6.45) is 0. The van der Waals surface area contributed by atoms with E-state index in [4.69, 9.17) is 27.9 Å². The Bertz CT molecular complexity index is 698. The van der Waals surface area contributed by atoms with Crippen LogP contribution in [0.2, 0.25) is 10.0 Å². The van der Waals surface area contributed by atoms with Gasteiger partial charge in [0, 0.05) is 29.7 Å². The van der Waals surface area contributed by atoms with Crippen LogP contribution in [-0.4, -0.2) is 25.1 Å². The van der Waals surface area contributed by atoms with E-state index in [9.17, 15) is 0 Å². The molecule has 0 saturated heterocycles. The topological polar surface area (TPSA) is 58.5 Å². The van der Waals surface area contributed by atoms with Gasteiger partial charge < -0.3 is 15.4 Å². The molecule has 5 nitrogen and oxygen atoms in total. The number of guanidine groups is 1. The van der Waals surface area contributed by atoms with Gasteiger partial charge in [0.2, 0.25) is 5.88 Å². The summed E-state index contributed by atoms with van der Waals surface area (Å²) in [5.74, 6) is 1.24. The summed E-state index contributed by atoms with van der Waals surface area (Å²) < 4.78 is 5.11. The van der Waals surface area contributed by atoms with Gasteiger partial charge in [-0.3, -0.25) is 4.99 Å². The number of aromatic nitrogens is 1. The minimum Gasteiger partial charge on any atom is -0.481 e. The Hall–Kier alpha value is -1.25. The van der Waals surface area contributed by atoms with Gasteiger partial charge >= 0.3 is 0 Å². The number of benzene rings is 1. The molecule has 0 amide bonds. The molecule has 0 unspecified atom stereocenters. The molecular weight excluding hydrogens is 462 g/mol. The number of rotatable bonds is 5. The first-order valence-electron chi connectivity index (χ1n) is 7.00. The molecule has 0 aliphatic heterocycles. The van der Waals surface area contributed by atoms with Gasteiger partial charge in [-0.2, -0.15) is 0 Å². The maximum Gasteiger partial charge on any atom is 0.213 e. The number of aliphatic imine (C=N–C) groups is 1. The Balaban J connectivity index is 0.00000288. The van der Waals surface area contributed by atoms with Crippen LogP contribution in [0, 0.1) is 0 Å². The van der Waals surface area contributed by atoms with Crippen LogP contribution in [-0.2, 0) is 13.1 Å². The fourth-order valence-corrected chi connectivity index (χ4v) is 2.38. The Morgan fingerprint density at radius 1 is 1.17 bits per heavy atom. The molecule has 0 aliphatic rings. The minimum absolute atomic E-state index is 0. The first kappa shape index (κ1) is 20.8. The maximum absolute atomic E-state index is 6.15. The number of hydrogen-bond acceptors (Lipinski definition) is 3. The molecule has 0 aliphatic carbocycles. The van der Waals surface area contributed by atoms with Crippen LogP contribution in [0.4, 0.5) is 0 Å². The SMILES string of the molecule is CN=C(NCc1cccc(OC)n1)NCc1ccc(Cl)cc1Cl.I. The van der Waals surface area contributed by atoms with Crippen molar-refractivity contribution >= 4 is 53.1 Å². The predicted molar refractivity (Wildman–Crippen MR) is 110 cm³/mol. The second-order valence-corrected chi connectivity index (χ2v) is 5.53. The lowest BCUT2D eigenvalue weighted by molar-refractivity contribution is 0.396. The Morgan fingerprint density at radius 3 is 2.58 bits per heavy atom. The normalized spacial score (nSPS) is 10.8. The molecule has 1 heterocycles. The van der Waals surface area contributed by atoms with Crippen LogP contribution in [0.15, 0.2) is 41.4 Å².